The van der Waals surface area contributed by atoms with Crippen LogP contribution in [0.5, 0.6) is 0 Å². The Bertz CT molecular complexity index is 267. The number of amidine groups is 1. The van der Waals surface area contributed by atoms with E-state index in [-0.39, 0.29) is 12.6 Å². The molecule has 0 fully saturated rings. The van der Waals surface area contributed by atoms with E-state index in [9.17, 15) is 13.2 Å². The molecule has 0 saturated heterocycles. The predicted molar refractivity (Wildman–Crippen MR) is 69.3 cm³/mol. The van der Waals surface area contributed by atoms with E-state index in [1.165, 1.54) is 7.11 Å². The fourth-order valence-electron chi connectivity index (χ4n) is 2.05. The maximum absolute atomic E-state index is 12.8. The van der Waals surface area contributed by atoms with Gasteiger partial charge in [0.1, 0.15) is 11.8 Å². The molecule has 1 atom stereocenters. The molecule has 1 unspecified atom stereocenters. The van der Waals surface area contributed by atoms with Crippen LogP contribution in [0, 0.1) is 11.3 Å². The Morgan fingerprint density at radius 1 is 1.32 bits per heavy atom. The molecule has 0 aromatic heterocycles. The average molecular weight is 283 g/mol. The first kappa shape index (κ1) is 18.2. The fourth-order valence-corrected chi connectivity index (χ4v) is 2.05. The highest BCUT2D eigenvalue weighted by atomic mass is 19.4. The van der Waals surface area contributed by atoms with E-state index >= 15 is 0 Å². The molecule has 7 heteroatoms. The second-order valence-corrected chi connectivity index (χ2v) is 4.51. The van der Waals surface area contributed by atoms with Crippen LogP contribution in [0.25, 0.3) is 0 Å². The molecule has 0 bridgehead atoms. The van der Waals surface area contributed by atoms with Crippen LogP contribution in [-0.2, 0) is 4.74 Å². The molecule has 0 saturated carbocycles. The fraction of sp³-hybridized carbons (Fsp3) is 0.917. The molecule has 0 aliphatic rings. The summed E-state index contributed by atoms with van der Waals surface area (Å²) in [6, 6.07) is 0.0411. The molecule has 114 valence electrons. The van der Waals surface area contributed by atoms with Gasteiger partial charge in [0.2, 0.25) is 0 Å². The van der Waals surface area contributed by atoms with E-state index in [0.717, 1.165) is 12.8 Å². The third kappa shape index (κ3) is 6.24. The molecule has 0 radical (unpaired) electrons. The van der Waals surface area contributed by atoms with Gasteiger partial charge in [-0.2, -0.15) is 13.2 Å². The van der Waals surface area contributed by atoms with Crippen molar-refractivity contribution >= 4 is 5.84 Å². The quantitative estimate of drug-likeness (QED) is 0.504. The Balaban J connectivity index is 4.89. The van der Waals surface area contributed by atoms with Crippen molar-refractivity contribution < 1.29 is 17.9 Å². The smallest absolute Gasteiger partial charge is 0.387 e. The van der Waals surface area contributed by atoms with Gasteiger partial charge in [0.25, 0.3) is 0 Å². The Morgan fingerprint density at radius 2 is 1.84 bits per heavy atom. The van der Waals surface area contributed by atoms with Crippen molar-refractivity contribution in [1.29, 1.82) is 5.41 Å². The number of halogens is 3. The number of nitrogens with one attached hydrogen (secondary N) is 1. The van der Waals surface area contributed by atoms with Gasteiger partial charge in [-0.15, -0.1) is 0 Å². The van der Waals surface area contributed by atoms with Crippen LogP contribution in [0.3, 0.4) is 0 Å². The Hall–Kier alpha value is -0.820. The minimum absolute atomic E-state index is 0.0411. The highest BCUT2D eigenvalue weighted by molar-refractivity contribution is 5.80. The third-order valence-electron chi connectivity index (χ3n) is 3.23. The van der Waals surface area contributed by atoms with Crippen LogP contribution in [-0.4, -0.2) is 49.8 Å². The van der Waals surface area contributed by atoms with Crippen LogP contribution in [0.4, 0.5) is 13.2 Å². The number of hydrogen-bond acceptors (Lipinski definition) is 3. The van der Waals surface area contributed by atoms with E-state index in [0.29, 0.717) is 13.2 Å². The summed E-state index contributed by atoms with van der Waals surface area (Å²) in [7, 11) is 1.51. The van der Waals surface area contributed by atoms with E-state index < -0.39 is 17.9 Å². The van der Waals surface area contributed by atoms with Gasteiger partial charge in [-0.3, -0.25) is 10.3 Å². The molecule has 19 heavy (non-hydrogen) atoms. The van der Waals surface area contributed by atoms with Crippen LogP contribution < -0.4 is 5.73 Å². The van der Waals surface area contributed by atoms with Crippen molar-refractivity contribution in [1.82, 2.24) is 4.90 Å². The van der Waals surface area contributed by atoms with Gasteiger partial charge in [-0.25, -0.2) is 0 Å². The minimum Gasteiger partial charge on any atom is -0.387 e. The Kier molecular flexibility index (Phi) is 8.01. The molecular weight excluding hydrogens is 259 g/mol. The second kappa shape index (κ2) is 8.37. The molecule has 4 nitrogen and oxygen atoms in total. The van der Waals surface area contributed by atoms with E-state index in [4.69, 9.17) is 15.9 Å². The Labute approximate surface area is 112 Å². The molecule has 0 aromatic rings. The Morgan fingerprint density at radius 3 is 2.16 bits per heavy atom. The lowest BCUT2D eigenvalue weighted by Gasteiger charge is -2.33. The predicted octanol–water partition coefficient (Wildman–Crippen LogP) is 2.24. The number of rotatable bonds is 9. The van der Waals surface area contributed by atoms with E-state index in [1.54, 1.807) is 4.90 Å². The maximum Gasteiger partial charge on any atom is 0.399 e. The van der Waals surface area contributed by atoms with Crippen LogP contribution in [0.1, 0.15) is 26.7 Å². The van der Waals surface area contributed by atoms with Gasteiger partial charge in [0, 0.05) is 26.2 Å². The van der Waals surface area contributed by atoms with Crippen molar-refractivity contribution in [2.24, 2.45) is 11.7 Å². The lowest BCUT2D eigenvalue weighted by atomic mass is 10.0. The van der Waals surface area contributed by atoms with Crippen LogP contribution in [0.15, 0.2) is 0 Å². The number of ether oxygens (including phenoxy) is 1. The number of hydrogen-bond donors (Lipinski definition) is 2. The van der Waals surface area contributed by atoms with Gasteiger partial charge < -0.3 is 10.5 Å². The first-order valence-corrected chi connectivity index (χ1v) is 6.41. The van der Waals surface area contributed by atoms with Crippen molar-refractivity contribution in [3.8, 4) is 0 Å². The molecule has 0 heterocycles. The minimum atomic E-state index is -4.48. The lowest BCUT2D eigenvalue weighted by molar-refractivity contribution is -0.161. The standard InChI is InChI=1S/C12H24F3N3O/c1-4-9(5-2)18(6-7-19-3)8-10(11(16)17)12(13,14)15/h9-10H,4-8H2,1-3H3,(H3,16,17). The summed E-state index contributed by atoms with van der Waals surface area (Å²) < 4.78 is 43.5. The molecule has 0 aromatic carbocycles. The molecule has 0 aliphatic carbocycles. The zero-order chi connectivity index (χ0) is 15.1. The average Bonchev–Trinajstić information content (AvgIpc) is 2.30. The summed E-state index contributed by atoms with van der Waals surface area (Å²) in [6.07, 6.45) is -2.98. The van der Waals surface area contributed by atoms with Crippen LogP contribution in [0.2, 0.25) is 0 Å². The van der Waals surface area contributed by atoms with E-state index in [2.05, 4.69) is 0 Å². The summed E-state index contributed by atoms with van der Waals surface area (Å²) in [5, 5.41) is 7.13. The lowest BCUT2D eigenvalue weighted by Crippen LogP contribution is -2.48. The topological polar surface area (TPSA) is 62.3 Å². The highest BCUT2D eigenvalue weighted by Gasteiger charge is 2.43. The molecule has 0 aliphatic heterocycles. The number of methoxy groups -OCH3 is 1. The first-order chi connectivity index (χ1) is 8.77. The molecule has 0 rings (SSSR count). The van der Waals surface area contributed by atoms with Gasteiger partial charge >= 0.3 is 6.18 Å². The molecular formula is C12H24F3N3O. The van der Waals surface area contributed by atoms with Gasteiger partial charge in [0.15, 0.2) is 0 Å². The number of nitrogens with two attached hydrogens (primary N) is 1. The van der Waals surface area contributed by atoms with Crippen molar-refractivity contribution in [2.75, 3.05) is 26.8 Å². The zero-order valence-electron chi connectivity index (χ0n) is 11.8. The largest absolute Gasteiger partial charge is 0.399 e. The monoisotopic (exact) mass is 283 g/mol. The van der Waals surface area contributed by atoms with E-state index in [1.807, 2.05) is 13.8 Å². The molecule has 0 spiro atoms. The van der Waals surface area contributed by atoms with Gasteiger partial charge in [-0.1, -0.05) is 13.8 Å². The number of alkyl halides is 3. The summed E-state index contributed by atoms with van der Waals surface area (Å²) in [6.45, 7) is 4.35. The van der Waals surface area contributed by atoms with Crippen molar-refractivity contribution in [3.05, 3.63) is 0 Å². The third-order valence-corrected chi connectivity index (χ3v) is 3.23. The summed E-state index contributed by atoms with van der Waals surface area (Å²) in [5.41, 5.74) is 5.09. The summed E-state index contributed by atoms with van der Waals surface area (Å²) >= 11 is 0. The zero-order valence-corrected chi connectivity index (χ0v) is 11.8. The first-order valence-electron chi connectivity index (χ1n) is 6.41. The SMILES string of the molecule is CCC(CC)N(CCOC)CC(C(=N)N)C(F)(F)F. The summed E-state index contributed by atoms with van der Waals surface area (Å²) in [4.78, 5) is 1.71. The second-order valence-electron chi connectivity index (χ2n) is 4.51. The summed E-state index contributed by atoms with van der Waals surface area (Å²) in [5.74, 6) is -2.74. The van der Waals surface area contributed by atoms with Gasteiger partial charge in [-0.05, 0) is 12.8 Å². The normalized spacial score (nSPS) is 14.1. The van der Waals surface area contributed by atoms with Gasteiger partial charge in [0.05, 0.1) is 6.61 Å². The maximum atomic E-state index is 12.8. The molecule has 0 amide bonds. The van der Waals surface area contributed by atoms with Crippen molar-refractivity contribution in [2.45, 2.75) is 38.9 Å². The molecule has 3 N–H and O–H groups in total. The van der Waals surface area contributed by atoms with Crippen molar-refractivity contribution in [3.63, 3.8) is 0 Å². The highest BCUT2D eigenvalue weighted by Crippen LogP contribution is 2.28. The number of nitrogens with zero attached hydrogens (tertiary/aromatic N) is 1. The van der Waals surface area contributed by atoms with Crippen LogP contribution >= 0.6 is 0 Å².